The first kappa shape index (κ1) is 14.7. The fourth-order valence-corrected chi connectivity index (χ4v) is 2.32. The molecule has 1 aromatic heterocycles. The van der Waals surface area contributed by atoms with Crippen LogP contribution >= 0.6 is 11.6 Å². The monoisotopic (exact) mass is 318 g/mol. The number of anilines is 2. The van der Waals surface area contributed by atoms with Gasteiger partial charge >= 0.3 is 0 Å². The van der Waals surface area contributed by atoms with Crippen LogP contribution in [0.2, 0.25) is 5.02 Å². The maximum Gasteiger partial charge on any atom is 0.258 e. The van der Waals surface area contributed by atoms with E-state index in [9.17, 15) is 4.79 Å². The molecule has 1 amide bonds. The predicted molar refractivity (Wildman–Crippen MR) is 84.5 cm³/mol. The summed E-state index contributed by atoms with van der Waals surface area (Å²) in [5.74, 6) is 0.346. The van der Waals surface area contributed by atoms with Gasteiger partial charge in [-0.05, 0) is 18.2 Å². The molecule has 0 spiro atoms. The van der Waals surface area contributed by atoms with E-state index in [2.05, 4.69) is 15.3 Å². The van der Waals surface area contributed by atoms with Gasteiger partial charge in [0.1, 0.15) is 0 Å². The molecule has 3 rings (SSSR count). The molecule has 1 aliphatic rings. The van der Waals surface area contributed by atoms with Crippen molar-refractivity contribution in [2.45, 2.75) is 0 Å². The van der Waals surface area contributed by atoms with Gasteiger partial charge < -0.3 is 15.0 Å². The van der Waals surface area contributed by atoms with E-state index >= 15 is 0 Å². The molecule has 0 radical (unpaired) electrons. The Bertz CT molecular complexity index is 657. The van der Waals surface area contributed by atoms with Crippen molar-refractivity contribution in [3.63, 3.8) is 0 Å². The number of amides is 1. The Labute approximate surface area is 133 Å². The molecular formula is C15H15ClN4O2. The Hall–Kier alpha value is -2.18. The lowest BCUT2D eigenvalue weighted by atomic mass is 10.3. The molecule has 1 saturated heterocycles. The second-order valence-electron chi connectivity index (χ2n) is 4.84. The minimum absolute atomic E-state index is 0.268. The molecular weight excluding hydrogens is 304 g/mol. The maximum atomic E-state index is 12.1. The van der Waals surface area contributed by atoms with Gasteiger partial charge in [0.15, 0.2) is 0 Å². The van der Waals surface area contributed by atoms with Gasteiger partial charge in [-0.25, -0.2) is 9.97 Å². The van der Waals surface area contributed by atoms with Crippen LogP contribution in [0.1, 0.15) is 10.4 Å². The molecule has 0 aliphatic carbocycles. The molecule has 0 bridgehead atoms. The highest BCUT2D eigenvalue weighted by Crippen LogP contribution is 2.16. The summed E-state index contributed by atoms with van der Waals surface area (Å²) in [5, 5.41) is 3.33. The van der Waals surface area contributed by atoms with Crippen molar-refractivity contribution >= 4 is 29.1 Å². The standard InChI is InChI=1S/C15H15ClN4O2/c16-12-2-1-3-13(8-12)19-14(21)11-9-17-15(18-10-11)20-4-6-22-7-5-20/h1-3,8-10H,4-7H2,(H,19,21). The van der Waals surface area contributed by atoms with Gasteiger partial charge in [0, 0.05) is 36.2 Å². The van der Waals surface area contributed by atoms with Gasteiger partial charge in [-0.3, -0.25) is 4.79 Å². The van der Waals surface area contributed by atoms with E-state index in [0.29, 0.717) is 35.4 Å². The van der Waals surface area contributed by atoms with Crippen LogP contribution in [0.5, 0.6) is 0 Å². The molecule has 6 nitrogen and oxygen atoms in total. The number of nitrogens with zero attached hydrogens (tertiary/aromatic N) is 3. The van der Waals surface area contributed by atoms with Gasteiger partial charge in [-0.1, -0.05) is 17.7 Å². The first-order chi connectivity index (χ1) is 10.7. The first-order valence-corrected chi connectivity index (χ1v) is 7.32. The third-order valence-electron chi connectivity index (χ3n) is 3.28. The van der Waals surface area contributed by atoms with Crippen LogP contribution in [-0.2, 0) is 4.74 Å². The summed E-state index contributed by atoms with van der Waals surface area (Å²) in [5.41, 5.74) is 1.03. The average Bonchev–Trinajstić information content (AvgIpc) is 2.56. The molecule has 2 heterocycles. The summed E-state index contributed by atoms with van der Waals surface area (Å²) in [6.07, 6.45) is 3.05. The minimum atomic E-state index is -0.268. The number of hydrogen-bond donors (Lipinski definition) is 1. The summed E-state index contributed by atoms with van der Waals surface area (Å²) in [4.78, 5) is 22.7. The second kappa shape index (κ2) is 6.72. The van der Waals surface area contributed by atoms with Crippen LogP contribution in [-0.4, -0.2) is 42.2 Å². The van der Waals surface area contributed by atoms with Crippen molar-refractivity contribution in [1.29, 1.82) is 0 Å². The van der Waals surface area contributed by atoms with Gasteiger partial charge in [0.25, 0.3) is 5.91 Å². The fourth-order valence-electron chi connectivity index (χ4n) is 2.13. The molecule has 0 unspecified atom stereocenters. The molecule has 1 fully saturated rings. The Balaban J connectivity index is 1.68. The number of morpholine rings is 1. The maximum absolute atomic E-state index is 12.1. The van der Waals surface area contributed by atoms with E-state index in [4.69, 9.17) is 16.3 Å². The largest absolute Gasteiger partial charge is 0.378 e. The summed E-state index contributed by atoms with van der Waals surface area (Å²) in [6.45, 7) is 2.85. The Morgan fingerprint density at radius 1 is 1.23 bits per heavy atom. The van der Waals surface area contributed by atoms with Crippen molar-refractivity contribution in [2.75, 3.05) is 36.5 Å². The number of aromatic nitrogens is 2. The summed E-state index contributed by atoms with van der Waals surface area (Å²) < 4.78 is 5.29. The Morgan fingerprint density at radius 3 is 2.64 bits per heavy atom. The molecule has 1 aromatic carbocycles. The van der Waals surface area contributed by atoms with E-state index in [1.165, 1.54) is 12.4 Å². The molecule has 7 heteroatoms. The van der Waals surface area contributed by atoms with Crippen LogP contribution in [0.15, 0.2) is 36.7 Å². The summed E-state index contributed by atoms with van der Waals surface area (Å²) >= 11 is 5.89. The van der Waals surface area contributed by atoms with Gasteiger partial charge in [0.2, 0.25) is 5.95 Å². The van der Waals surface area contributed by atoms with Crippen molar-refractivity contribution in [3.05, 3.63) is 47.2 Å². The molecule has 0 saturated carbocycles. The highest BCUT2D eigenvalue weighted by atomic mass is 35.5. The molecule has 0 atom stereocenters. The van der Waals surface area contributed by atoms with Gasteiger partial charge in [-0.15, -0.1) is 0 Å². The van der Waals surface area contributed by atoms with Gasteiger partial charge in [-0.2, -0.15) is 0 Å². The number of ether oxygens (including phenoxy) is 1. The first-order valence-electron chi connectivity index (χ1n) is 6.94. The zero-order valence-corrected chi connectivity index (χ0v) is 12.6. The van der Waals surface area contributed by atoms with Crippen LogP contribution in [0.4, 0.5) is 11.6 Å². The highest BCUT2D eigenvalue weighted by Gasteiger charge is 2.14. The number of carbonyl (C=O) groups is 1. The molecule has 22 heavy (non-hydrogen) atoms. The van der Waals surface area contributed by atoms with Crippen molar-refractivity contribution in [3.8, 4) is 0 Å². The Morgan fingerprint density at radius 2 is 1.95 bits per heavy atom. The van der Waals surface area contributed by atoms with Crippen molar-refractivity contribution < 1.29 is 9.53 Å². The average molecular weight is 319 g/mol. The quantitative estimate of drug-likeness (QED) is 0.940. The van der Waals surface area contributed by atoms with E-state index in [0.717, 1.165) is 13.1 Å². The number of carbonyl (C=O) groups excluding carboxylic acids is 1. The lowest BCUT2D eigenvalue weighted by Crippen LogP contribution is -2.37. The fraction of sp³-hybridized carbons (Fsp3) is 0.267. The minimum Gasteiger partial charge on any atom is -0.378 e. The van der Waals surface area contributed by atoms with E-state index in [-0.39, 0.29) is 5.91 Å². The van der Waals surface area contributed by atoms with Crippen LogP contribution in [0.25, 0.3) is 0 Å². The van der Waals surface area contributed by atoms with Crippen molar-refractivity contribution in [1.82, 2.24) is 9.97 Å². The van der Waals surface area contributed by atoms with E-state index < -0.39 is 0 Å². The molecule has 114 valence electrons. The SMILES string of the molecule is O=C(Nc1cccc(Cl)c1)c1cnc(N2CCOCC2)nc1. The second-order valence-corrected chi connectivity index (χ2v) is 5.27. The zero-order valence-electron chi connectivity index (χ0n) is 11.8. The van der Waals surface area contributed by atoms with E-state index in [1.807, 2.05) is 4.90 Å². The van der Waals surface area contributed by atoms with Crippen LogP contribution in [0.3, 0.4) is 0 Å². The zero-order chi connectivity index (χ0) is 15.4. The molecule has 1 aliphatic heterocycles. The predicted octanol–water partition coefficient (Wildman–Crippen LogP) is 2.22. The van der Waals surface area contributed by atoms with Gasteiger partial charge in [0.05, 0.1) is 18.8 Å². The third-order valence-corrected chi connectivity index (χ3v) is 3.51. The number of nitrogens with one attached hydrogen (secondary N) is 1. The summed E-state index contributed by atoms with van der Waals surface area (Å²) in [6, 6.07) is 6.97. The van der Waals surface area contributed by atoms with Crippen molar-refractivity contribution in [2.24, 2.45) is 0 Å². The number of halogens is 1. The lowest BCUT2D eigenvalue weighted by molar-refractivity contribution is 0.102. The topological polar surface area (TPSA) is 67.4 Å². The Kier molecular flexibility index (Phi) is 4.50. The number of benzene rings is 1. The third kappa shape index (κ3) is 3.52. The number of rotatable bonds is 3. The molecule has 2 aromatic rings. The van der Waals surface area contributed by atoms with Crippen LogP contribution in [0, 0.1) is 0 Å². The number of hydrogen-bond acceptors (Lipinski definition) is 5. The van der Waals surface area contributed by atoms with E-state index in [1.54, 1.807) is 24.3 Å². The lowest BCUT2D eigenvalue weighted by Gasteiger charge is -2.26. The normalized spacial score (nSPS) is 14.7. The highest BCUT2D eigenvalue weighted by molar-refractivity contribution is 6.30. The smallest absolute Gasteiger partial charge is 0.258 e. The van der Waals surface area contributed by atoms with Crippen LogP contribution < -0.4 is 10.2 Å². The summed E-state index contributed by atoms with van der Waals surface area (Å²) in [7, 11) is 0. The molecule has 1 N–H and O–H groups in total.